The lowest BCUT2D eigenvalue weighted by atomic mass is 10.8. The van der Waals surface area contributed by atoms with Gasteiger partial charge >= 0.3 is 0 Å². The first-order valence-corrected chi connectivity index (χ1v) is 4.03. The summed E-state index contributed by atoms with van der Waals surface area (Å²) in [6.07, 6.45) is 0. The second kappa shape index (κ2) is 1.92. The highest BCUT2D eigenvalue weighted by Gasteiger charge is 2.04. The molecule has 3 heteroatoms. The Kier molecular flexibility index (Phi) is 1.44. The van der Waals surface area contributed by atoms with E-state index in [0.29, 0.717) is 0 Å². The second-order valence-corrected chi connectivity index (χ2v) is 3.59. The van der Waals surface area contributed by atoms with Gasteiger partial charge in [0.05, 0.1) is 5.04 Å². The molecule has 1 aliphatic rings. The Labute approximate surface area is 50.7 Å². The summed E-state index contributed by atoms with van der Waals surface area (Å²) in [5.74, 6) is 0. The molecule has 0 saturated heterocycles. The molecule has 0 N–H and O–H groups in total. The lowest BCUT2D eigenvalue weighted by Gasteiger charge is -1.76. The third-order valence-corrected chi connectivity index (χ3v) is 2.79. The first kappa shape index (κ1) is 5.25. The molecule has 38 valence electrons. The van der Waals surface area contributed by atoms with Crippen LogP contribution in [0.5, 0.6) is 0 Å². The lowest BCUT2D eigenvalue weighted by molar-refractivity contribution is 1.56. The number of nitrogens with zero attached hydrogens (tertiary/aromatic N) is 1. The maximum Gasteiger partial charge on any atom is 0.101 e. The van der Waals surface area contributed by atoms with Crippen LogP contribution in [0.1, 0.15) is 6.92 Å². The Morgan fingerprint density at radius 1 is 1.57 bits per heavy atom. The molecule has 0 spiro atoms. The van der Waals surface area contributed by atoms with E-state index in [1.807, 2.05) is 6.92 Å². The average Bonchev–Trinajstić information content (AvgIpc) is 1.87. The second-order valence-electron chi connectivity index (χ2n) is 1.19. The number of aliphatic imine (C=N–C) groups is 1. The molecule has 1 rings (SSSR count). The molecule has 1 nitrogen and oxygen atoms in total. The molecule has 0 aliphatic carbocycles. The van der Waals surface area contributed by atoms with E-state index in [-0.39, 0.29) is 0 Å². The summed E-state index contributed by atoms with van der Waals surface area (Å²) in [4.78, 5) is 4.04. The van der Waals surface area contributed by atoms with Gasteiger partial charge in [-0.05, 0) is 28.5 Å². The van der Waals surface area contributed by atoms with Crippen LogP contribution in [0.2, 0.25) is 0 Å². The zero-order valence-corrected chi connectivity index (χ0v) is 5.60. The van der Waals surface area contributed by atoms with E-state index >= 15 is 0 Å². The molecule has 1 aliphatic heterocycles. The Bertz CT molecular complexity index is 128. The summed E-state index contributed by atoms with van der Waals surface area (Å²) in [6, 6.07) is 0. The van der Waals surface area contributed by atoms with Crippen molar-refractivity contribution in [1.82, 2.24) is 0 Å². The molecule has 0 fully saturated rings. The van der Waals surface area contributed by atoms with Crippen molar-refractivity contribution in [2.24, 2.45) is 4.99 Å². The van der Waals surface area contributed by atoms with Gasteiger partial charge in [0.25, 0.3) is 0 Å². The summed E-state index contributed by atoms with van der Waals surface area (Å²) in [5.41, 5.74) is 0. The highest BCUT2D eigenvalue weighted by Crippen LogP contribution is 2.37. The van der Waals surface area contributed by atoms with E-state index in [9.17, 15) is 0 Å². The SMILES string of the molecule is C=C1N=C(C)SS1. The molecule has 0 unspecified atom stereocenters. The average molecular weight is 131 g/mol. The molecule has 0 saturated carbocycles. The van der Waals surface area contributed by atoms with Crippen molar-refractivity contribution in [3.05, 3.63) is 11.6 Å². The van der Waals surface area contributed by atoms with Gasteiger partial charge in [-0.25, -0.2) is 4.99 Å². The molecule has 0 aromatic rings. The predicted molar refractivity (Wildman–Crippen MR) is 37.4 cm³/mol. The molecular formula is C4H5NS2. The first-order chi connectivity index (χ1) is 3.29. The van der Waals surface area contributed by atoms with E-state index in [4.69, 9.17) is 0 Å². The van der Waals surface area contributed by atoms with E-state index in [2.05, 4.69) is 11.6 Å². The van der Waals surface area contributed by atoms with E-state index in [1.54, 1.807) is 21.6 Å². The lowest BCUT2D eigenvalue weighted by Crippen LogP contribution is -1.67. The zero-order chi connectivity index (χ0) is 5.28. The number of hydrogen-bond donors (Lipinski definition) is 0. The molecule has 0 bridgehead atoms. The number of rotatable bonds is 0. The Morgan fingerprint density at radius 2 is 2.29 bits per heavy atom. The number of hydrogen-bond acceptors (Lipinski definition) is 3. The summed E-state index contributed by atoms with van der Waals surface area (Å²) in [6.45, 7) is 5.64. The predicted octanol–water partition coefficient (Wildman–Crippen LogP) is 2.27. The monoisotopic (exact) mass is 131 g/mol. The Balaban J connectivity index is 2.67. The topological polar surface area (TPSA) is 12.4 Å². The van der Waals surface area contributed by atoms with Gasteiger partial charge in [-0.2, -0.15) is 0 Å². The van der Waals surface area contributed by atoms with Gasteiger partial charge in [-0.1, -0.05) is 6.58 Å². The first-order valence-electron chi connectivity index (χ1n) is 1.88. The van der Waals surface area contributed by atoms with Crippen molar-refractivity contribution < 1.29 is 0 Å². The van der Waals surface area contributed by atoms with Crippen molar-refractivity contribution in [2.75, 3.05) is 0 Å². The van der Waals surface area contributed by atoms with E-state index in [0.717, 1.165) is 10.1 Å². The van der Waals surface area contributed by atoms with Crippen LogP contribution in [0.15, 0.2) is 16.6 Å². The van der Waals surface area contributed by atoms with Crippen LogP contribution in [0.25, 0.3) is 0 Å². The quantitative estimate of drug-likeness (QED) is 0.467. The van der Waals surface area contributed by atoms with Crippen molar-refractivity contribution in [2.45, 2.75) is 6.92 Å². The van der Waals surface area contributed by atoms with E-state index in [1.165, 1.54) is 0 Å². The third kappa shape index (κ3) is 1.24. The summed E-state index contributed by atoms with van der Waals surface area (Å²) in [5, 5.41) is 2.03. The standard InChI is InChI=1S/C4H5NS2/c1-3-5-4(2)7-6-3/h1H2,2H3. The molecule has 0 amide bonds. The summed E-state index contributed by atoms with van der Waals surface area (Å²) >= 11 is 0. The fourth-order valence-corrected chi connectivity index (χ4v) is 1.79. The van der Waals surface area contributed by atoms with Gasteiger partial charge in [0.15, 0.2) is 0 Å². The maximum atomic E-state index is 4.04. The van der Waals surface area contributed by atoms with Gasteiger partial charge in [0.2, 0.25) is 0 Å². The molecule has 0 aromatic heterocycles. The molecule has 0 radical (unpaired) electrons. The van der Waals surface area contributed by atoms with Gasteiger partial charge in [-0.3, -0.25) is 0 Å². The molecule has 1 heterocycles. The maximum absolute atomic E-state index is 4.04. The van der Waals surface area contributed by atoms with Crippen LogP contribution in [-0.4, -0.2) is 5.04 Å². The highest BCUT2D eigenvalue weighted by atomic mass is 33.1. The minimum atomic E-state index is 0.919. The van der Waals surface area contributed by atoms with Crippen molar-refractivity contribution >= 4 is 26.6 Å². The van der Waals surface area contributed by atoms with Crippen LogP contribution in [0.4, 0.5) is 0 Å². The van der Waals surface area contributed by atoms with E-state index < -0.39 is 0 Å². The van der Waals surface area contributed by atoms with Crippen LogP contribution < -0.4 is 0 Å². The zero-order valence-electron chi connectivity index (χ0n) is 3.97. The van der Waals surface area contributed by atoms with Gasteiger partial charge < -0.3 is 0 Å². The highest BCUT2D eigenvalue weighted by molar-refractivity contribution is 8.84. The van der Waals surface area contributed by atoms with Gasteiger partial charge in [0.1, 0.15) is 5.03 Å². The van der Waals surface area contributed by atoms with Crippen LogP contribution in [0.3, 0.4) is 0 Å². The Hall–Kier alpha value is 0.110. The third-order valence-electron chi connectivity index (χ3n) is 0.541. The molecular weight excluding hydrogens is 126 g/mol. The smallest absolute Gasteiger partial charge is 0.101 e. The van der Waals surface area contributed by atoms with Crippen LogP contribution >= 0.6 is 21.6 Å². The largest absolute Gasteiger partial charge is 0.239 e. The van der Waals surface area contributed by atoms with Crippen LogP contribution in [-0.2, 0) is 0 Å². The molecule has 7 heavy (non-hydrogen) atoms. The summed E-state index contributed by atoms with van der Waals surface area (Å²) < 4.78 is 0. The summed E-state index contributed by atoms with van der Waals surface area (Å²) in [7, 11) is 3.30. The Morgan fingerprint density at radius 3 is 2.43 bits per heavy atom. The fraction of sp³-hybridized carbons (Fsp3) is 0.250. The fourth-order valence-electron chi connectivity index (χ4n) is 0.321. The molecule has 0 aromatic carbocycles. The van der Waals surface area contributed by atoms with Crippen molar-refractivity contribution in [3.63, 3.8) is 0 Å². The van der Waals surface area contributed by atoms with Gasteiger partial charge in [-0.15, -0.1) is 0 Å². The normalized spacial score (nSPS) is 20.1. The minimum Gasteiger partial charge on any atom is -0.239 e. The molecule has 0 atom stereocenters. The minimum absolute atomic E-state index is 0.919. The van der Waals surface area contributed by atoms with Gasteiger partial charge in [0, 0.05) is 0 Å². The van der Waals surface area contributed by atoms with Crippen molar-refractivity contribution in [3.8, 4) is 0 Å². The van der Waals surface area contributed by atoms with Crippen LogP contribution in [0, 0.1) is 0 Å². The van der Waals surface area contributed by atoms with Crippen molar-refractivity contribution in [1.29, 1.82) is 0 Å².